The van der Waals surface area contributed by atoms with Crippen LogP contribution in [0.25, 0.3) is 5.57 Å². The molecule has 0 saturated heterocycles. The summed E-state index contributed by atoms with van der Waals surface area (Å²) in [7, 11) is 0. The third-order valence-corrected chi connectivity index (χ3v) is 8.43. The standard InChI is InChI=1S/C23H22F3NO5S3/c1-6-31-18(28)15-16(19(29)32-7-2)35-20(34-15)14-12-9-8-11(3)10-13(12)27(21(30)23(24,25)26)22(4,5)17(14)33/h8-10H,6-7H2,1-5H3. The second-order valence-corrected chi connectivity index (χ2v) is 10.7. The first-order valence-electron chi connectivity index (χ1n) is 10.5. The Balaban J connectivity index is 2.24. The number of amides is 1. The lowest BCUT2D eigenvalue weighted by atomic mass is 9.83. The number of ether oxygens (including phenoxy) is 2. The molecule has 35 heavy (non-hydrogen) atoms. The molecule has 2 aliphatic rings. The first kappa shape index (κ1) is 27.3. The topological polar surface area (TPSA) is 72.9 Å². The molecule has 0 atom stereocenters. The molecular weight excluding hydrogens is 523 g/mol. The van der Waals surface area contributed by atoms with Crippen LogP contribution in [0.15, 0.2) is 32.2 Å². The lowest BCUT2D eigenvalue weighted by Crippen LogP contribution is -2.59. The van der Waals surface area contributed by atoms with Crippen molar-refractivity contribution in [3.05, 3.63) is 43.4 Å². The van der Waals surface area contributed by atoms with Crippen LogP contribution in [0.5, 0.6) is 0 Å². The minimum atomic E-state index is -5.12. The Morgan fingerprint density at radius 1 is 1.03 bits per heavy atom. The van der Waals surface area contributed by atoms with Crippen molar-refractivity contribution in [1.29, 1.82) is 0 Å². The maximum atomic E-state index is 13.6. The van der Waals surface area contributed by atoms with Gasteiger partial charge in [-0.1, -0.05) is 47.9 Å². The number of alkyl halides is 3. The van der Waals surface area contributed by atoms with Gasteiger partial charge in [0.25, 0.3) is 0 Å². The highest BCUT2D eigenvalue weighted by molar-refractivity contribution is 8.29. The number of thioether (sulfide) groups is 2. The van der Waals surface area contributed by atoms with Crippen LogP contribution in [0, 0.1) is 6.92 Å². The summed E-state index contributed by atoms with van der Waals surface area (Å²) in [6.07, 6.45) is -5.12. The van der Waals surface area contributed by atoms with E-state index in [1.165, 1.54) is 19.9 Å². The number of thiocarbonyl (C=S) groups is 1. The van der Waals surface area contributed by atoms with E-state index in [0.29, 0.717) is 25.8 Å². The maximum Gasteiger partial charge on any atom is 0.471 e. The van der Waals surface area contributed by atoms with Gasteiger partial charge in [-0.3, -0.25) is 9.69 Å². The molecule has 0 radical (unpaired) electrons. The zero-order valence-corrected chi connectivity index (χ0v) is 21.9. The number of aryl methyl sites for hydroxylation is 1. The van der Waals surface area contributed by atoms with Crippen molar-refractivity contribution in [3.8, 4) is 0 Å². The SMILES string of the molecule is CCOC(=O)C1=C(C(=O)OCC)SC(=C2C(=S)C(C)(C)N(C(=O)C(F)(F)F)c3cc(C)ccc32)S1. The number of hydrogen-bond donors (Lipinski definition) is 0. The first-order valence-corrected chi connectivity index (χ1v) is 12.5. The van der Waals surface area contributed by atoms with Gasteiger partial charge in [0.05, 0.1) is 33.5 Å². The van der Waals surface area contributed by atoms with Gasteiger partial charge in [0.1, 0.15) is 9.81 Å². The van der Waals surface area contributed by atoms with Crippen LogP contribution < -0.4 is 4.90 Å². The largest absolute Gasteiger partial charge is 0.471 e. The minimum Gasteiger partial charge on any atom is -0.462 e. The van der Waals surface area contributed by atoms with E-state index in [0.717, 1.165) is 23.5 Å². The lowest BCUT2D eigenvalue weighted by Gasteiger charge is -2.45. The van der Waals surface area contributed by atoms with E-state index in [2.05, 4.69) is 0 Å². The molecule has 12 heteroatoms. The quantitative estimate of drug-likeness (QED) is 0.278. The number of nitrogens with zero attached hydrogens (tertiary/aromatic N) is 1. The van der Waals surface area contributed by atoms with Crippen LogP contribution >= 0.6 is 35.7 Å². The molecule has 0 aromatic heterocycles. The van der Waals surface area contributed by atoms with E-state index in [4.69, 9.17) is 21.7 Å². The van der Waals surface area contributed by atoms with E-state index >= 15 is 0 Å². The van der Waals surface area contributed by atoms with E-state index in [9.17, 15) is 27.6 Å². The fraction of sp³-hybridized carbons (Fsp3) is 0.391. The molecule has 0 unspecified atom stereocenters. The number of benzene rings is 1. The molecule has 1 amide bonds. The number of halogens is 3. The van der Waals surface area contributed by atoms with Crippen molar-refractivity contribution < 1.29 is 37.0 Å². The second-order valence-electron chi connectivity index (χ2n) is 8.01. The molecule has 2 aliphatic heterocycles. The van der Waals surface area contributed by atoms with Crippen LogP contribution in [-0.4, -0.2) is 47.6 Å². The third kappa shape index (κ3) is 5.01. The summed E-state index contributed by atoms with van der Waals surface area (Å²) in [5.74, 6) is -3.48. The van der Waals surface area contributed by atoms with Crippen LogP contribution in [-0.2, 0) is 23.9 Å². The van der Waals surface area contributed by atoms with Crippen LogP contribution in [0.3, 0.4) is 0 Å². The fourth-order valence-corrected chi connectivity index (χ4v) is 6.61. The van der Waals surface area contributed by atoms with E-state index in [1.54, 1.807) is 32.9 Å². The Bertz CT molecular complexity index is 1160. The summed E-state index contributed by atoms with van der Waals surface area (Å²) in [6.45, 7) is 7.97. The van der Waals surface area contributed by atoms with Crippen LogP contribution in [0.1, 0.15) is 38.8 Å². The molecule has 0 saturated carbocycles. The Morgan fingerprint density at radius 2 is 1.54 bits per heavy atom. The lowest BCUT2D eigenvalue weighted by molar-refractivity contribution is -0.171. The molecule has 0 aliphatic carbocycles. The number of anilines is 1. The minimum absolute atomic E-state index is 0.0147. The van der Waals surface area contributed by atoms with Gasteiger partial charge in [0.15, 0.2) is 0 Å². The Kier molecular flexibility index (Phi) is 7.78. The summed E-state index contributed by atoms with van der Waals surface area (Å²) in [4.78, 5) is 38.4. The Hall–Kier alpha value is -2.31. The van der Waals surface area contributed by atoms with Gasteiger partial charge < -0.3 is 9.47 Å². The van der Waals surface area contributed by atoms with Crippen molar-refractivity contribution in [2.24, 2.45) is 0 Å². The highest BCUT2D eigenvalue weighted by Gasteiger charge is 2.53. The van der Waals surface area contributed by atoms with E-state index in [-0.39, 0.29) is 33.6 Å². The predicted molar refractivity (Wildman–Crippen MR) is 134 cm³/mol. The van der Waals surface area contributed by atoms with Gasteiger partial charge in [-0.05, 0) is 46.2 Å². The Labute approximate surface area is 214 Å². The van der Waals surface area contributed by atoms with Gasteiger partial charge in [0.2, 0.25) is 0 Å². The van der Waals surface area contributed by atoms with Crippen molar-refractivity contribution in [3.63, 3.8) is 0 Å². The normalized spacial score (nSPS) is 17.5. The number of rotatable bonds is 4. The van der Waals surface area contributed by atoms with E-state index < -0.39 is 29.6 Å². The monoisotopic (exact) mass is 545 g/mol. The summed E-state index contributed by atoms with van der Waals surface area (Å²) in [6, 6.07) is 4.75. The third-order valence-electron chi connectivity index (χ3n) is 5.17. The summed E-state index contributed by atoms with van der Waals surface area (Å²) in [5.41, 5.74) is -0.191. The maximum absolute atomic E-state index is 13.6. The van der Waals surface area contributed by atoms with Crippen molar-refractivity contribution >= 4 is 69.7 Å². The first-order chi connectivity index (χ1) is 16.2. The molecular formula is C23H22F3NO5S3. The number of carbonyl (C=O) groups excluding carboxylic acids is 3. The summed E-state index contributed by atoms with van der Waals surface area (Å²) >= 11 is 7.54. The summed E-state index contributed by atoms with van der Waals surface area (Å²) in [5, 5.41) is 0. The molecule has 2 heterocycles. The molecule has 1 aromatic rings. The van der Waals surface area contributed by atoms with Crippen molar-refractivity contribution in [2.45, 2.75) is 46.3 Å². The van der Waals surface area contributed by atoms with E-state index in [1.807, 2.05) is 0 Å². The molecule has 0 N–H and O–H groups in total. The highest BCUT2D eigenvalue weighted by Crippen LogP contribution is 2.56. The van der Waals surface area contributed by atoms with Gasteiger partial charge in [-0.15, -0.1) is 0 Å². The Morgan fingerprint density at radius 3 is 2.00 bits per heavy atom. The number of esters is 2. The molecule has 188 valence electrons. The molecule has 6 nitrogen and oxygen atoms in total. The molecule has 0 bridgehead atoms. The van der Waals surface area contributed by atoms with Crippen LogP contribution in [0.4, 0.5) is 18.9 Å². The van der Waals surface area contributed by atoms with Gasteiger partial charge >= 0.3 is 24.0 Å². The number of hydrogen-bond acceptors (Lipinski definition) is 8. The van der Waals surface area contributed by atoms with Gasteiger partial charge in [0, 0.05) is 11.1 Å². The molecule has 1 aromatic carbocycles. The highest BCUT2D eigenvalue weighted by atomic mass is 32.2. The van der Waals surface area contributed by atoms with Gasteiger partial charge in [-0.25, -0.2) is 9.59 Å². The van der Waals surface area contributed by atoms with Crippen molar-refractivity contribution in [1.82, 2.24) is 0 Å². The van der Waals surface area contributed by atoms with Crippen LogP contribution in [0.2, 0.25) is 0 Å². The zero-order valence-electron chi connectivity index (χ0n) is 19.5. The molecule has 0 fully saturated rings. The number of carbonyl (C=O) groups is 3. The van der Waals surface area contributed by atoms with Crippen molar-refractivity contribution in [2.75, 3.05) is 18.1 Å². The number of fused-ring (bicyclic) bond motifs is 1. The predicted octanol–water partition coefficient (Wildman–Crippen LogP) is 5.54. The smallest absolute Gasteiger partial charge is 0.462 e. The molecule has 3 rings (SSSR count). The average molecular weight is 546 g/mol. The van der Waals surface area contributed by atoms with Gasteiger partial charge in [-0.2, -0.15) is 13.2 Å². The summed E-state index contributed by atoms with van der Waals surface area (Å²) < 4.78 is 51.3. The average Bonchev–Trinajstić information content (AvgIpc) is 3.19. The molecule has 0 spiro atoms. The zero-order chi connectivity index (χ0) is 26.3. The fourth-order valence-electron chi connectivity index (χ4n) is 3.62. The second kappa shape index (κ2) is 9.98.